The quantitative estimate of drug-likeness (QED) is 0.552. The van der Waals surface area contributed by atoms with Crippen molar-refractivity contribution in [1.82, 2.24) is 9.97 Å². The van der Waals surface area contributed by atoms with Crippen LogP contribution in [0.25, 0.3) is 11.0 Å². The van der Waals surface area contributed by atoms with E-state index in [-0.39, 0.29) is 18.5 Å². The molecule has 0 aliphatic carbocycles. The molecule has 0 saturated heterocycles. The van der Waals surface area contributed by atoms with Gasteiger partial charge in [0.1, 0.15) is 5.56 Å². The molecule has 3 aromatic rings. The van der Waals surface area contributed by atoms with E-state index in [9.17, 15) is 4.79 Å². The van der Waals surface area contributed by atoms with Gasteiger partial charge in [-0.25, -0.2) is 14.8 Å². The molecule has 26 heavy (non-hydrogen) atoms. The lowest BCUT2D eigenvalue weighted by Gasteiger charge is -2.16. The van der Waals surface area contributed by atoms with Gasteiger partial charge in [-0.1, -0.05) is 12.1 Å². The van der Waals surface area contributed by atoms with Crippen molar-refractivity contribution >= 4 is 56.7 Å². The molecule has 0 aliphatic rings. The number of carbonyl (C=O) groups is 1. The van der Waals surface area contributed by atoms with Crippen molar-refractivity contribution in [3.8, 4) is 0 Å². The number of nitrogens with one attached hydrogen (secondary N) is 1. The Hall–Kier alpha value is -2.18. The maximum absolute atomic E-state index is 12.5. The van der Waals surface area contributed by atoms with Gasteiger partial charge in [-0.3, -0.25) is 0 Å². The third-order valence-electron chi connectivity index (χ3n) is 3.57. The number of anilines is 2. The Balaban J connectivity index is 0.00000243. The zero-order chi connectivity index (χ0) is 18.0. The second-order valence-corrected chi connectivity index (χ2v) is 6.78. The Labute approximate surface area is 166 Å². The number of carbonyl (C=O) groups excluding carboxylic acids is 1. The number of aryl methyl sites for hydroxylation is 1. The maximum Gasteiger partial charge on any atom is 0.342 e. The predicted octanol–water partition coefficient (Wildman–Crippen LogP) is 5.43. The molecule has 3 rings (SSSR count). The van der Waals surface area contributed by atoms with E-state index in [0.29, 0.717) is 16.9 Å². The van der Waals surface area contributed by atoms with Crippen LogP contribution < -0.4 is 5.32 Å². The third kappa shape index (κ3) is 4.31. The van der Waals surface area contributed by atoms with Gasteiger partial charge in [0, 0.05) is 21.7 Å². The second kappa shape index (κ2) is 8.47. The van der Waals surface area contributed by atoms with Gasteiger partial charge in [0.25, 0.3) is 0 Å². The van der Waals surface area contributed by atoms with Crippen molar-refractivity contribution in [3.05, 3.63) is 58.3 Å². The minimum absolute atomic E-state index is 0. The van der Waals surface area contributed by atoms with Gasteiger partial charge in [0.2, 0.25) is 0 Å². The SMILES string of the molecule is Cc1ccc2c(Nc3ccccc3Br)c(C(=O)OC(C)C)cnc2n1.Cl. The number of ether oxygens (including phenoxy) is 1. The molecule has 0 bridgehead atoms. The van der Waals surface area contributed by atoms with Gasteiger partial charge >= 0.3 is 5.97 Å². The summed E-state index contributed by atoms with van der Waals surface area (Å²) < 4.78 is 6.26. The van der Waals surface area contributed by atoms with Crippen molar-refractivity contribution < 1.29 is 9.53 Å². The smallest absolute Gasteiger partial charge is 0.342 e. The second-order valence-electron chi connectivity index (χ2n) is 5.93. The van der Waals surface area contributed by atoms with E-state index >= 15 is 0 Å². The molecule has 1 N–H and O–H groups in total. The van der Waals surface area contributed by atoms with Crippen molar-refractivity contribution in [2.75, 3.05) is 5.32 Å². The molecule has 0 radical (unpaired) electrons. The summed E-state index contributed by atoms with van der Waals surface area (Å²) >= 11 is 3.52. The van der Waals surface area contributed by atoms with E-state index in [1.165, 1.54) is 6.20 Å². The van der Waals surface area contributed by atoms with Crippen LogP contribution in [0.1, 0.15) is 29.9 Å². The molecule has 2 heterocycles. The van der Waals surface area contributed by atoms with E-state index < -0.39 is 5.97 Å². The topological polar surface area (TPSA) is 64.1 Å². The highest BCUT2D eigenvalue weighted by molar-refractivity contribution is 9.10. The Morgan fingerprint density at radius 1 is 1.19 bits per heavy atom. The van der Waals surface area contributed by atoms with Crippen LogP contribution in [0.15, 0.2) is 47.1 Å². The lowest BCUT2D eigenvalue weighted by Crippen LogP contribution is -2.14. The molecule has 0 saturated carbocycles. The predicted molar refractivity (Wildman–Crippen MR) is 109 cm³/mol. The number of pyridine rings is 2. The summed E-state index contributed by atoms with van der Waals surface area (Å²) in [6, 6.07) is 11.5. The molecule has 7 heteroatoms. The number of nitrogens with zero attached hydrogens (tertiary/aromatic N) is 2. The zero-order valence-corrected chi connectivity index (χ0v) is 17.0. The number of fused-ring (bicyclic) bond motifs is 1. The van der Waals surface area contributed by atoms with Crippen LogP contribution in [-0.2, 0) is 4.74 Å². The molecule has 0 unspecified atom stereocenters. The summed E-state index contributed by atoms with van der Waals surface area (Å²) in [5, 5.41) is 4.09. The number of hydrogen-bond donors (Lipinski definition) is 1. The summed E-state index contributed by atoms with van der Waals surface area (Å²) in [5.41, 5.74) is 3.30. The highest BCUT2D eigenvalue weighted by atomic mass is 79.9. The maximum atomic E-state index is 12.5. The fourth-order valence-electron chi connectivity index (χ4n) is 2.44. The highest BCUT2D eigenvalue weighted by Crippen LogP contribution is 2.32. The number of hydrogen-bond acceptors (Lipinski definition) is 5. The Morgan fingerprint density at radius 3 is 2.62 bits per heavy atom. The minimum Gasteiger partial charge on any atom is -0.459 e. The van der Waals surface area contributed by atoms with Crippen LogP contribution in [0.4, 0.5) is 11.4 Å². The molecule has 136 valence electrons. The number of halogens is 2. The monoisotopic (exact) mass is 435 g/mol. The van der Waals surface area contributed by atoms with Crippen LogP contribution in [-0.4, -0.2) is 22.0 Å². The normalized spacial score (nSPS) is 10.5. The molecule has 0 aliphatic heterocycles. The first-order valence-electron chi connectivity index (χ1n) is 7.94. The first-order valence-corrected chi connectivity index (χ1v) is 8.74. The highest BCUT2D eigenvalue weighted by Gasteiger charge is 2.19. The molecule has 0 spiro atoms. The average molecular weight is 437 g/mol. The number of rotatable bonds is 4. The first-order chi connectivity index (χ1) is 12.0. The van der Waals surface area contributed by atoms with Crippen molar-refractivity contribution in [2.45, 2.75) is 26.9 Å². The molecular weight excluding hydrogens is 418 g/mol. The Kier molecular flexibility index (Phi) is 6.56. The molecule has 0 amide bonds. The fourth-order valence-corrected chi connectivity index (χ4v) is 2.82. The van der Waals surface area contributed by atoms with E-state index in [0.717, 1.165) is 21.2 Å². The number of esters is 1. The lowest BCUT2D eigenvalue weighted by atomic mass is 10.1. The molecule has 1 aromatic carbocycles. The Bertz CT molecular complexity index is 947. The van der Waals surface area contributed by atoms with E-state index in [2.05, 4.69) is 31.2 Å². The van der Waals surface area contributed by atoms with Gasteiger partial charge in [-0.2, -0.15) is 0 Å². The summed E-state index contributed by atoms with van der Waals surface area (Å²) in [6.07, 6.45) is 1.30. The number of para-hydroxylation sites is 1. The summed E-state index contributed by atoms with van der Waals surface area (Å²) in [4.78, 5) is 21.3. The minimum atomic E-state index is -0.417. The Morgan fingerprint density at radius 2 is 1.92 bits per heavy atom. The van der Waals surface area contributed by atoms with Gasteiger partial charge in [0.05, 0.1) is 17.5 Å². The van der Waals surface area contributed by atoms with Gasteiger partial charge in [-0.05, 0) is 61.0 Å². The van der Waals surface area contributed by atoms with Crippen LogP contribution in [0.2, 0.25) is 0 Å². The van der Waals surface area contributed by atoms with Crippen LogP contribution in [0.3, 0.4) is 0 Å². The van der Waals surface area contributed by atoms with Crippen LogP contribution >= 0.6 is 28.3 Å². The van der Waals surface area contributed by atoms with E-state index in [1.54, 1.807) is 0 Å². The van der Waals surface area contributed by atoms with Crippen molar-refractivity contribution in [3.63, 3.8) is 0 Å². The molecule has 0 fully saturated rings. The van der Waals surface area contributed by atoms with Gasteiger partial charge in [-0.15, -0.1) is 12.4 Å². The molecule has 2 aromatic heterocycles. The molecule has 5 nitrogen and oxygen atoms in total. The number of aromatic nitrogens is 2. The summed E-state index contributed by atoms with van der Waals surface area (Å²) in [5.74, 6) is -0.417. The van der Waals surface area contributed by atoms with Crippen molar-refractivity contribution in [2.24, 2.45) is 0 Å². The van der Waals surface area contributed by atoms with E-state index in [4.69, 9.17) is 4.74 Å². The molecular formula is C19H19BrClN3O2. The van der Waals surface area contributed by atoms with Gasteiger partial charge in [0.15, 0.2) is 5.65 Å². The van der Waals surface area contributed by atoms with E-state index in [1.807, 2.05) is 57.2 Å². The fraction of sp³-hybridized carbons (Fsp3) is 0.211. The molecule has 0 atom stereocenters. The zero-order valence-electron chi connectivity index (χ0n) is 14.6. The van der Waals surface area contributed by atoms with Crippen LogP contribution in [0, 0.1) is 6.92 Å². The first kappa shape index (κ1) is 20.1. The van der Waals surface area contributed by atoms with Gasteiger partial charge < -0.3 is 10.1 Å². The largest absolute Gasteiger partial charge is 0.459 e. The average Bonchev–Trinajstić information content (AvgIpc) is 2.56. The lowest BCUT2D eigenvalue weighted by molar-refractivity contribution is 0.0379. The number of benzene rings is 1. The summed E-state index contributed by atoms with van der Waals surface area (Å²) in [6.45, 7) is 5.54. The standard InChI is InChI=1S/C19H18BrN3O2.ClH/c1-11(2)25-19(24)14-10-21-18-13(9-8-12(3)22-18)17(14)23-16-7-5-4-6-15(16)20;/h4-11H,1-3H3,(H,21,22,23);1H. The van der Waals surface area contributed by atoms with Crippen LogP contribution in [0.5, 0.6) is 0 Å². The van der Waals surface area contributed by atoms with Crippen molar-refractivity contribution in [1.29, 1.82) is 0 Å². The third-order valence-corrected chi connectivity index (χ3v) is 4.26. The summed E-state index contributed by atoms with van der Waals surface area (Å²) in [7, 11) is 0.